The van der Waals surface area contributed by atoms with E-state index in [0.717, 1.165) is 23.6 Å². The second-order valence-corrected chi connectivity index (χ2v) is 6.02. The van der Waals surface area contributed by atoms with Gasteiger partial charge in [0.1, 0.15) is 0 Å². The van der Waals surface area contributed by atoms with Gasteiger partial charge < -0.3 is 24.4 Å². The zero-order chi connectivity index (χ0) is 16.7. The zero-order valence-corrected chi connectivity index (χ0v) is 13.9. The number of hydrogen-bond donors (Lipinski definition) is 2. The van der Waals surface area contributed by atoms with Gasteiger partial charge in [0.2, 0.25) is 6.79 Å². The maximum absolute atomic E-state index is 10.1. The summed E-state index contributed by atoms with van der Waals surface area (Å²) in [6, 6.07) is 6.02. The van der Waals surface area contributed by atoms with Gasteiger partial charge in [-0.15, -0.1) is 0 Å². The first-order chi connectivity index (χ1) is 11.1. The Bertz CT molecular complexity index is 480. The Kier molecular flexibility index (Phi) is 7.11. The lowest BCUT2D eigenvalue weighted by Crippen LogP contribution is -2.40. The predicted molar refractivity (Wildman–Crippen MR) is 86.6 cm³/mol. The molecule has 0 saturated heterocycles. The Balaban J connectivity index is 1.72. The number of rotatable bonds is 10. The topological polar surface area (TPSA) is 71.4 Å². The van der Waals surface area contributed by atoms with Crippen molar-refractivity contribution in [1.29, 1.82) is 0 Å². The fourth-order valence-electron chi connectivity index (χ4n) is 2.50. The van der Waals surface area contributed by atoms with Crippen LogP contribution in [0.25, 0.3) is 0 Å². The van der Waals surface area contributed by atoms with E-state index in [9.17, 15) is 5.11 Å². The fourth-order valence-corrected chi connectivity index (χ4v) is 2.50. The molecule has 23 heavy (non-hydrogen) atoms. The molecule has 1 aliphatic heterocycles. The standard InChI is InChI=1S/C17H27NO5/c1-13(2)18(6-3-7-19)9-15(20)11-21-10-14-4-5-16-17(8-14)23-12-22-16/h4-5,8,13,15,19-20H,3,6-7,9-12H2,1-2H3/t15-/m1/s1. The van der Waals surface area contributed by atoms with Crippen molar-refractivity contribution in [1.82, 2.24) is 4.90 Å². The molecule has 1 aromatic rings. The van der Waals surface area contributed by atoms with Gasteiger partial charge >= 0.3 is 0 Å². The highest BCUT2D eigenvalue weighted by atomic mass is 16.7. The first-order valence-electron chi connectivity index (χ1n) is 8.09. The molecule has 130 valence electrons. The summed E-state index contributed by atoms with van der Waals surface area (Å²) in [6.07, 6.45) is 0.160. The molecule has 1 aromatic carbocycles. The first kappa shape index (κ1) is 18.0. The highest BCUT2D eigenvalue weighted by molar-refractivity contribution is 5.44. The van der Waals surface area contributed by atoms with Gasteiger partial charge in [-0.1, -0.05) is 6.07 Å². The third kappa shape index (κ3) is 5.66. The van der Waals surface area contributed by atoms with E-state index in [-0.39, 0.29) is 20.0 Å². The molecule has 0 unspecified atom stereocenters. The van der Waals surface area contributed by atoms with Crippen LogP contribution in [0, 0.1) is 0 Å². The fraction of sp³-hybridized carbons (Fsp3) is 0.647. The normalized spacial score (nSPS) is 14.7. The van der Waals surface area contributed by atoms with E-state index in [0.29, 0.717) is 25.6 Å². The van der Waals surface area contributed by atoms with Crippen molar-refractivity contribution in [2.75, 3.05) is 33.1 Å². The van der Waals surface area contributed by atoms with Crippen molar-refractivity contribution in [3.63, 3.8) is 0 Å². The van der Waals surface area contributed by atoms with E-state index in [1.54, 1.807) is 0 Å². The van der Waals surface area contributed by atoms with Crippen LogP contribution in [0.4, 0.5) is 0 Å². The molecular weight excluding hydrogens is 298 g/mol. The van der Waals surface area contributed by atoms with Crippen molar-refractivity contribution in [3.8, 4) is 11.5 Å². The number of benzene rings is 1. The molecule has 2 N–H and O–H groups in total. The van der Waals surface area contributed by atoms with Gasteiger partial charge in [-0.05, 0) is 38.0 Å². The van der Waals surface area contributed by atoms with Crippen molar-refractivity contribution in [2.45, 2.75) is 39.0 Å². The highest BCUT2D eigenvalue weighted by Gasteiger charge is 2.16. The smallest absolute Gasteiger partial charge is 0.231 e. The molecule has 0 spiro atoms. The monoisotopic (exact) mass is 325 g/mol. The minimum atomic E-state index is -0.551. The first-order valence-corrected chi connectivity index (χ1v) is 8.09. The lowest BCUT2D eigenvalue weighted by atomic mass is 10.2. The van der Waals surface area contributed by atoms with Crippen molar-refractivity contribution >= 4 is 0 Å². The molecule has 0 aromatic heterocycles. The second-order valence-electron chi connectivity index (χ2n) is 6.02. The Morgan fingerprint density at radius 2 is 2.04 bits per heavy atom. The van der Waals surface area contributed by atoms with Crippen molar-refractivity contribution in [2.24, 2.45) is 0 Å². The minimum absolute atomic E-state index is 0.167. The number of aliphatic hydroxyl groups excluding tert-OH is 2. The number of hydrogen-bond acceptors (Lipinski definition) is 6. The molecule has 0 saturated carbocycles. The molecule has 6 nitrogen and oxygen atoms in total. The molecule has 0 bridgehead atoms. The van der Waals surface area contributed by atoms with Gasteiger partial charge in [-0.3, -0.25) is 4.90 Å². The molecule has 0 aliphatic carbocycles. The maximum atomic E-state index is 10.1. The van der Waals surface area contributed by atoms with Crippen LogP contribution < -0.4 is 9.47 Å². The summed E-state index contributed by atoms with van der Waals surface area (Å²) in [5, 5.41) is 19.1. The van der Waals surface area contributed by atoms with Crippen LogP contribution in [0.3, 0.4) is 0 Å². The Morgan fingerprint density at radius 3 is 2.78 bits per heavy atom. The Labute approximate surface area is 137 Å². The molecule has 1 heterocycles. The van der Waals surface area contributed by atoms with Gasteiger partial charge in [0.05, 0.1) is 19.3 Å². The number of aliphatic hydroxyl groups is 2. The summed E-state index contributed by atoms with van der Waals surface area (Å²) >= 11 is 0. The average molecular weight is 325 g/mol. The summed E-state index contributed by atoms with van der Waals surface area (Å²) in [5.74, 6) is 1.49. The van der Waals surface area contributed by atoms with Crippen LogP contribution in [-0.2, 0) is 11.3 Å². The molecule has 1 aliphatic rings. The second kappa shape index (κ2) is 9.08. The highest BCUT2D eigenvalue weighted by Crippen LogP contribution is 2.32. The van der Waals surface area contributed by atoms with E-state index in [1.807, 2.05) is 18.2 Å². The average Bonchev–Trinajstić information content (AvgIpc) is 2.98. The van der Waals surface area contributed by atoms with Crippen LogP contribution in [0.15, 0.2) is 18.2 Å². The Morgan fingerprint density at radius 1 is 1.26 bits per heavy atom. The largest absolute Gasteiger partial charge is 0.454 e. The molecule has 0 fully saturated rings. The zero-order valence-electron chi connectivity index (χ0n) is 13.9. The molecule has 6 heteroatoms. The summed E-state index contributed by atoms with van der Waals surface area (Å²) in [6.45, 7) is 6.60. The van der Waals surface area contributed by atoms with Crippen LogP contribution in [-0.4, -0.2) is 60.4 Å². The molecule has 1 atom stereocenters. The maximum Gasteiger partial charge on any atom is 0.231 e. The summed E-state index contributed by atoms with van der Waals surface area (Å²) in [4.78, 5) is 2.14. The molecule has 0 amide bonds. The van der Waals surface area contributed by atoms with E-state index >= 15 is 0 Å². The van der Waals surface area contributed by atoms with Crippen LogP contribution in [0.1, 0.15) is 25.8 Å². The van der Waals surface area contributed by atoms with Crippen LogP contribution in [0.2, 0.25) is 0 Å². The van der Waals surface area contributed by atoms with Crippen LogP contribution >= 0.6 is 0 Å². The molecule has 2 rings (SSSR count). The summed E-state index contributed by atoms with van der Waals surface area (Å²) < 4.78 is 16.2. The predicted octanol–water partition coefficient (Wildman–Crippen LogP) is 1.39. The van der Waals surface area contributed by atoms with Gasteiger partial charge in [0, 0.05) is 25.7 Å². The van der Waals surface area contributed by atoms with Crippen LogP contribution in [0.5, 0.6) is 11.5 Å². The van der Waals surface area contributed by atoms with Gasteiger partial charge in [0.25, 0.3) is 0 Å². The number of nitrogens with zero attached hydrogens (tertiary/aromatic N) is 1. The third-order valence-electron chi connectivity index (χ3n) is 3.79. The summed E-state index contributed by atoms with van der Waals surface area (Å²) in [5.41, 5.74) is 0.988. The van der Waals surface area contributed by atoms with E-state index in [1.165, 1.54) is 0 Å². The molecule has 0 radical (unpaired) electrons. The quantitative estimate of drug-likeness (QED) is 0.677. The SMILES string of the molecule is CC(C)N(CCCO)C[C@@H](O)COCc1ccc2c(c1)OCO2. The van der Waals surface area contributed by atoms with Gasteiger partial charge in [-0.2, -0.15) is 0 Å². The van der Waals surface area contributed by atoms with E-state index < -0.39 is 6.10 Å². The van der Waals surface area contributed by atoms with E-state index in [2.05, 4.69) is 18.7 Å². The lowest BCUT2D eigenvalue weighted by Gasteiger charge is -2.28. The molecular formula is C17H27NO5. The summed E-state index contributed by atoms with van der Waals surface area (Å²) in [7, 11) is 0. The van der Waals surface area contributed by atoms with E-state index in [4.69, 9.17) is 19.3 Å². The lowest BCUT2D eigenvalue weighted by molar-refractivity contribution is 0.00387. The third-order valence-corrected chi connectivity index (χ3v) is 3.79. The van der Waals surface area contributed by atoms with Gasteiger partial charge in [-0.25, -0.2) is 0 Å². The van der Waals surface area contributed by atoms with Gasteiger partial charge in [0.15, 0.2) is 11.5 Å². The minimum Gasteiger partial charge on any atom is -0.454 e. The van der Waals surface area contributed by atoms with Crippen molar-refractivity contribution < 1.29 is 24.4 Å². The number of fused-ring (bicyclic) bond motifs is 1. The van der Waals surface area contributed by atoms with Crippen molar-refractivity contribution in [3.05, 3.63) is 23.8 Å². The number of ether oxygens (including phenoxy) is 3. The Hall–Kier alpha value is -1.34.